The molecule has 0 aliphatic rings. The number of ketones is 1. The van der Waals surface area contributed by atoms with Crippen LogP contribution in [0.1, 0.15) is 86.3 Å². The van der Waals surface area contributed by atoms with Crippen molar-refractivity contribution in [3.8, 4) is 0 Å². The smallest absolute Gasteiger partial charge is 0.323 e. The fourth-order valence-corrected chi connectivity index (χ4v) is 4.26. The lowest BCUT2D eigenvalue weighted by molar-refractivity contribution is -0.153. The van der Waals surface area contributed by atoms with Crippen molar-refractivity contribution in [2.24, 2.45) is 22.7 Å². The Morgan fingerprint density at radius 2 is 1.77 bits per heavy atom. The molecule has 0 spiro atoms. The van der Waals surface area contributed by atoms with Crippen LogP contribution in [-0.4, -0.2) is 43.3 Å². The third-order valence-corrected chi connectivity index (χ3v) is 6.75. The standard InChI is InChI=1S/C33H52N2O4/c1-12-23(7)31(28(13-2)17-25(9)32(36)22(5)6)35-29-18-27(15-14-24(29)8)19-34-30(16-21(3)4)33(37)39-26(10)20-38-11/h13-15,17-18,21-23,26,30,34H,12,16,19-20H2,1-11H3/b25-17-,28-13+,35-31+. The highest BCUT2D eigenvalue weighted by atomic mass is 16.6. The molecule has 1 N–H and O–H groups in total. The number of Topliss-reactive ketones (excluding diaryl/α,β-unsaturated/α-hetero) is 1. The summed E-state index contributed by atoms with van der Waals surface area (Å²) in [6, 6.07) is 5.81. The fourth-order valence-electron chi connectivity index (χ4n) is 4.26. The van der Waals surface area contributed by atoms with Crippen molar-refractivity contribution in [1.29, 1.82) is 0 Å². The van der Waals surface area contributed by atoms with Crippen LogP contribution in [0.2, 0.25) is 0 Å². The highest BCUT2D eigenvalue weighted by Gasteiger charge is 2.23. The predicted molar refractivity (Wildman–Crippen MR) is 163 cm³/mol. The first-order valence-electron chi connectivity index (χ1n) is 14.3. The van der Waals surface area contributed by atoms with E-state index in [2.05, 4.69) is 58.1 Å². The molecule has 0 radical (unpaired) electrons. The maximum Gasteiger partial charge on any atom is 0.323 e. The SMILES string of the molecule is C/C=C(\C=C(\C)C(=O)C(C)C)C(=N/c1cc(CNC(CC(C)C)C(=O)OC(C)COC)ccc1C)/C(C)CC. The van der Waals surface area contributed by atoms with Crippen molar-refractivity contribution in [2.75, 3.05) is 13.7 Å². The van der Waals surface area contributed by atoms with Gasteiger partial charge in [-0.3, -0.25) is 14.6 Å². The van der Waals surface area contributed by atoms with Gasteiger partial charge in [-0.05, 0) is 86.8 Å². The van der Waals surface area contributed by atoms with E-state index in [1.54, 1.807) is 7.11 Å². The van der Waals surface area contributed by atoms with Crippen LogP contribution < -0.4 is 5.32 Å². The molecule has 0 saturated heterocycles. The van der Waals surface area contributed by atoms with Gasteiger partial charge in [0.15, 0.2) is 5.78 Å². The quantitative estimate of drug-likeness (QED) is 0.103. The molecule has 0 aliphatic heterocycles. The van der Waals surface area contributed by atoms with Gasteiger partial charge in [0.1, 0.15) is 12.1 Å². The molecule has 3 unspecified atom stereocenters. The lowest BCUT2D eigenvalue weighted by atomic mass is 9.92. The highest BCUT2D eigenvalue weighted by Crippen LogP contribution is 2.26. The van der Waals surface area contributed by atoms with Gasteiger partial charge >= 0.3 is 5.97 Å². The number of aryl methyl sites for hydroxylation is 1. The number of hydrogen-bond acceptors (Lipinski definition) is 6. The summed E-state index contributed by atoms with van der Waals surface area (Å²) < 4.78 is 10.7. The Morgan fingerprint density at radius 3 is 2.31 bits per heavy atom. The van der Waals surface area contributed by atoms with Crippen LogP contribution in [0.15, 0.2) is 46.5 Å². The minimum atomic E-state index is -0.408. The molecule has 0 saturated carbocycles. The average molecular weight is 541 g/mol. The van der Waals surface area contributed by atoms with Crippen LogP contribution in [0.25, 0.3) is 0 Å². The first kappa shape index (κ1) is 34.5. The molecule has 0 aromatic heterocycles. The summed E-state index contributed by atoms with van der Waals surface area (Å²) in [5, 5.41) is 3.41. The van der Waals surface area contributed by atoms with E-state index in [1.165, 1.54) is 0 Å². The number of benzene rings is 1. The van der Waals surface area contributed by atoms with E-state index < -0.39 is 6.04 Å². The van der Waals surface area contributed by atoms with Crippen molar-refractivity contribution in [3.05, 3.63) is 52.6 Å². The van der Waals surface area contributed by atoms with Gasteiger partial charge < -0.3 is 14.8 Å². The number of rotatable bonds is 16. The van der Waals surface area contributed by atoms with Crippen molar-refractivity contribution >= 4 is 23.2 Å². The molecule has 0 aliphatic carbocycles. The summed E-state index contributed by atoms with van der Waals surface area (Å²) in [4.78, 5) is 30.6. The normalized spacial score (nSPS) is 15.5. The summed E-state index contributed by atoms with van der Waals surface area (Å²) in [7, 11) is 1.60. The molecule has 1 aromatic rings. The minimum absolute atomic E-state index is 0.0465. The molecule has 39 heavy (non-hydrogen) atoms. The Labute approximate surface area is 237 Å². The van der Waals surface area contributed by atoms with Crippen LogP contribution in [0.3, 0.4) is 0 Å². The molecule has 0 heterocycles. The Bertz CT molecular complexity index is 1040. The third kappa shape index (κ3) is 11.6. The Balaban J connectivity index is 3.31. The monoisotopic (exact) mass is 540 g/mol. The second kappa shape index (κ2) is 17.2. The van der Waals surface area contributed by atoms with Crippen LogP contribution >= 0.6 is 0 Å². The molecule has 218 valence electrons. The van der Waals surface area contributed by atoms with Crippen LogP contribution in [0.5, 0.6) is 0 Å². The van der Waals surface area contributed by atoms with Crippen LogP contribution in [0, 0.1) is 24.7 Å². The lowest BCUT2D eigenvalue weighted by Gasteiger charge is -2.22. The van der Waals surface area contributed by atoms with Crippen molar-refractivity contribution in [2.45, 2.75) is 101 Å². The van der Waals surface area contributed by atoms with E-state index in [0.717, 1.165) is 40.1 Å². The number of esters is 1. The molecule has 0 fully saturated rings. The Morgan fingerprint density at radius 1 is 1.10 bits per heavy atom. The number of nitrogens with one attached hydrogen (secondary N) is 1. The summed E-state index contributed by atoms with van der Waals surface area (Å²) in [5.74, 6) is 0.397. The van der Waals surface area contributed by atoms with Crippen molar-refractivity contribution in [3.63, 3.8) is 0 Å². The number of aliphatic imine (C=N–C) groups is 1. The number of methoxy groups -OCH3 is 1. The summed E-state index contributed by atoms with van der Waals surface area (Å²) in [5.41, 5.74) is 5.69. The number of ether oxygens (including phenoxy) is 2. The molecular formula is C33H52N2O4. The number of allylic oxidation sites excluding steroid dienone is 4. The van der Waals surface area contributed by atoms with Crippen LogP contribution in [-0.2, 0) is 25.6 Å². The van der Waals surface area contributed by atoms with Gasteiger partial charge in [0.05, 0.1) is 18.0 Å². The largest absolute Gasteiger partial charge is 0.459 e. The van der Waals surface area contributed by atoms with Gasteiger partial charge in [0.2, 0.25) is 0 Å². The lowest BCUT2D eigenvalue weighted by Crippen LogP contribution is -2.40. The average Bonchev–Trinajstić information content (AvgIpc) is 2.88. The van der Waals surface area contributed by atoms with E-state index in [1.807, 2.05) is 46.8 Å². The molecule has 3 atom stereocenters. The molecular weight excluding hydrogens is 488 g/mol. The van der Waals surface area contributed by atoms with Gasteiger partial charge in [-0.25, -0.2) is 0 Å². The molecule has 1 aromatic carbocycles. The molecule has 0 bridgehead atoms. The van der Waals surface area contributed by atoms with E-state index in [0.29, 0.717) is 25.5 Å². The summed E-state index contributed by atoms with van der Waals surface area (Å²) in [6.45, 7) is 21.0. The maximum absolute atomic E-state index is 12.8. The molecule has 6 heteroatoms. The Kier molecular flexibility index (Phi) is 15.2. The third-order valence-electron chi connectivity index (χ3n) is 6.75. The Hall–Kier alpha value is -2.57. The predicted octanol–water partition coefficient (Wildman–Crippen LogP) is 7.31. The number of nitrogens with zero attached hydrogens (tertiary/aromatic N) is 1. The van der Waals surface area contributed by atoms with Crippen molar-refractivity contribution < 1.29 is 19.1 Å². The maximum atomic E-state index is 12.8. The van der Waals surface area contributed by atoms with Gasteiger partial charge in [0.25, 0.3) is 0 Å². The molecule has 0 amide bonds. The highest BCUT2D eigenvalue weighted by molar-refractivity contribution is 6.07. The second-order valence-electron chi connectivity index (χ2n) is 11.3. The first-order chi connectivity index (χ1) is 18.3. The van der Waals surface area contributed by atoms with E-state index in [9.17, 15) is 9.59 Å². The fraction of sp³-hybridized carbons (Fsp3) is 0.606. The zero-order valence-electron chi connectivity index (χ0n) is 26.2. The topological polar surface area (TPSA) is 77.0 Å². The number of hydrogen-bond donors (Lipinski definition) is 1. The van der Waals surface area contributed by atoms with Crippen LogP contribution in [0.4, 0.5) is 5.69 Å². The van der Waals surface area contributed by atoms with E-state index in [-0.39, 0.29) is 29.7 Å². The van der Waals surface area contributed by atoms with Gasteiger partial charge in [0, 0.05) is 19.6 Å². The molecule has 6 nitrogen and oxygen atoms in total. The first-order valence-corrected chi connectivity index (χ1v) is 14.3. The van der Waals surface area contributed by atoms with Gasteiger partial charge in [-0.1, -0.05) is 59.8 Å². The second-order valence-corrected chi connectivity index (χ2v) is 11.3. The van der Waals surface area contributed by atoms with E-state index in [4.69, 9.17) is 14.5 Å². The van der Waals surface area contributed by atoms with Crippen molar-refractivity contribution in [1.82, 2.24) is 5.32 Å². The number of carbonyl (C=O) groups is 2. The number of carbonyl (C=O) groups excluding carboxylic acids is 2. The summed E-state index contributed by atoms with van der Waals surface area (Å²) in [6.07, 6.45) is 5.32. The molecule has 1 rings (SSSR count). The van der Waals surface area contributed by atoms with Gasteiger partial charge in [-0.2, -0.15) is 0 Å². The minimum Gasteiger partial charge on any atom is -0.459 e. The van der Waals surface area contributed by atoms with E-state index >= 15 is 0 Å². The summed E-state index contributed by atoms with van der Waals surface area (Å²) >= 11 is 0. The zero-order chi connectivity index (χ0) is 29.7. The van der Waals surface area contributed by atoms with Gasteiger partial charge in [-0.15, -0.1) is 0 Å². The zero-order valence-corrected chi connectivity index (χ0v) is 26.2.